The van der Waals surface area contributed by atoms with Gasteiger partial charge in [-0.1, -0.05) is 6.92 Å². The van der Waals surface area contributed by atoms with E-state index in [1.807, 2.05) is 4.57 Å². The Hall–Kier alpha value is -0.730. The quantitative estimate of drug-likeness (QED) is 0.842. The molecule has 0 saturated carbocycles. The molecule has 0 amide bonds. The van der Waals surface area contributed by atoms with E-state index in [4.69, 9.17) is 12.2 Å². The van der Waals surface area contributed by atoms with Crippen molar-refractivity contribution in [3.63, 3.8) is 0 Å². The van der Waals surface area contributed by atoms with Gasteiger partial charge in [-0.2, -0.15) is 5.10 Å². The zero-order chi connectivity index (χ0) is 14.8. The molecule has 1 aromatic rings. The average molecular weight is 318 g/mol. The zero-order valence-electron chi connectivity index (χ0n) is 12.0. The lowest BCUT2D eigenvalue weighted by Crippen LogP contribution is -2.40. The van der Waals surface area contributed by atoms with Crippen LogP contribution in [0.25, 0.3) is 0 Å². The number of aromatic amines is 1. The van der Waals surface area contributed by atoms with E-state index in [1.165, 1.54) is 0 Å². The van der Waals surface area contributed by atoms with Crippen LogP contribution < -0.4 is 0 Å². The summed E-state index contributed by atoms with van der Waals surface area (Å²) in [6, 6.07) is 0. The van der Waals surface area contributed by atoms with E-state index in [-0.39, 0.29) is 11.7 Å². The van der Waals surface area contributed by atoms with Crippen molar-refractivity contribution in [2.75, 3.05) is 18.8 Å². The molecule has 0 aromatic carbocycles. The second-order valence-corrected chi connectivity index (χ2v) is 7.78. The van der Waals surface area contributed by atoms with Crippen molar-refractivity contribution in [2.45, 2.75) is 45.6 Å². The molecule has 1 fully saturated rings. The van der Waals surface area contributed by atoms with Crippen molar-refractivity contribution in [3.8, 4) is 0 Å². The third-order valence-corrected chi connectivity index (χ3v) is 5.90. The molecule has 1 aromatic heterocycles. The monoisotopic (exact) mass is 318 g/mol. The normalized spacial score (nSPS) is 21.2. The summed E-state index contributed by atoms with van der Waals surface area (Å²) in [6.07, 6.45) is 2.80. The topological polar surface area (TPSA) is 71.0 Å². The standard InChI is InChI=1S/C12H22N4O2S2/c1-3-7-16-11(13-14-12(16)19)10-6-5-8-15(9-10)20(17,18)4-2/h10H,3-9H2,1-2H3,(H,14,19)/t10-/m0/s1. The van der Waals surface area contributed by atoms with E-state index >= 15 is 0 Å². The predicted octanol–water partition coefficient (Wildman–Crippen LogP) is 1.88. The van der Waals surface area contributed by atoms with Gasteiger partial charge in [0.05, 0.1) is 5.75 Å². The lowest BCUT2D eigenvalue weighted by Gasteiger charge is -2.31. The molecule has 0 radical (unpaired) electrons. The highest BCUT2D eigenvalue weighted by Gasteiger charge is 2.30. The van der Waals surface area contributed by atoms with Gasteiger partial charge in [0.15, 0.2) is 4.77 Å². The first-order valence-electron chi connectivity index (χ1n) is 7.12. The predicted molar refractivity (Wildman–Crippen MR) is 80.7 cm³/mol. The minimum atomic E-state index is -3.12. The Bertz CT molecular complexity index is 605. The maximum absolute atomic E-state index is 12.0. The number of nitrogens with zero attached hydrogens (tertiary/aromatic N) is 3. The third-order valence-electron chi connectivity index (χ3n) is 3.74. The molecule has 1 aliphatic heterocycles. The van der Waals surface area contributed by atoms with Crippen molar-refractivity contribution in [1.29, 1.82) is 0 Å². The van der Waals surface area contributed by atoms with Gasteiger partial charge < -0.3 is 4.57 Å². The van der Waals surface area contributed by atoms with Crippen LogP contribution in [0.2, 0.25) is 0 Å². The molecule has 114 valence electrons. The summed E-state index contributed by atoms with van der Waals surface area (Å²) in [5.41, 5.74) is 0. The van der Waals surface area contributed by atoms with Crippen molar-refractivity contribution in [1.82, 2.24) is 19.1 Å². The fraction of sp³-hybridized carbons (Fsp3) is 0.833. The Kier molecular flexibility index (Phi) is 4.98. The molecule has 1 N–H and O–H groups in total. The highest BCUT2D eigenvalue weighted by molar-refractivity contribution is 7.89. The first-order valence-corrected chi connectivity index (χ1v) is 9.14. The van der Waals surface area contributed by atoms with Crippen LogP contribution >= 0.6 is 12.2 Å². The van der Waals surface area contributed by atoms with Gasteiger partial charge in [0.2, 0.25) is 10.0 Å². The minimum absolute atomic E-state index is 0.129. The Balaban J connectivity index is 2.23. The van der Waals surface area contributed by atoms with Gasteiger partial charge in [-0.05, 0) is 38.4 Å². The lowest BCUT2D eigenvalue weighted by molar-refractivity contribution is 0.304. The first-order chi connectivity index (χ1) is 9.49. The van der Waals surface area contributed by atoms with Gasteiger partial charge >= 0.3 is 0 Å². The number of sulfonamides is 1. The summed E-state index contributed by atoms with van der Waals surface area (Å²) < 4.78 is 28.3. The number of nitrogens with one attached hydrogen (secondary N) is 1. The average Bonchev–Trinajstić information content (AvgIpc) is 2.81. The molecule has 6 nitrogen and oxygen atoms in total. The number of rotatable bonds is 5. The Morgan fingerprint density at radius 3 is 2.85 bits per heavy atom. The van der Waals surface area contributed by atoms with E-state index in [0.717, 1.165) is 31.6 Å². The SMILES string of the molecule is CCCn1c([C@H]2CCCN(S(=O)(=O)CC)C2)n[nH]c1=S. The van der Waals surface area contributed by atoms with Gasteiger partial charge in [-0.25, -0.2) is 12.7 Å². The Labute approximate surface area is 125 Å². The van der Waals surface area contributed by atoms with E-state index < -0.39 is 10.0 Å². The fourth-order valence-electron chi connectivity index (χ4n) is 2.67. The summed E-state index contributed by atoms with van der Waals surface area (Å²) in [5, 5.41) is 7.16. The molecule has 20 heavy (non-hydrogen) atoms. The number of aromatic nitrogens is 3. The molecule has 1 aliphatic rings. The fourth-order valence-corrected chi connectivity index (χ4v) is 4.08. The summed E-state index contributed by atoms with van der Waals surface area (Å²) in [4.78, 5) is 0. The summed E-state index contributed by atoms with van der Waals surface area (Å²) in [7, 11) is -3.12. The highest BCUT2D eigenvalue weighted by Crippen LogP contribution is 2.27. The summed E-state index contributed by atoms with van der Waals surface area (Å²) >= 11 is 5.25. The van der Waals surface area contributed by atoms with Crippen molar-refractivity contribution < 1.29 is 8.42 Å². The molecule has 2 heterocycles. The van der Waals surface area contributed by atoms with E-state index in [1.54, 1.807) is 11.2 Å². The summed E-state index contributed by atoms with van der Waals surface area (Å²) in [5.74, 6) is 1.18. The van der Waals surface area contributed by atoms with Crippen LogP contribution in [0.4, 0.5) is 0 Å². The molecular weight excluding hydrogens is 296 g/mol. The van der Waals surface area contributed by atoms with Gasteiger partial charge in [-0.3, -0.25) is 5.10 Å². The number of hydrogen-bond donors (Lipinski definition) is 1. The van der Waals surface area contributed by atoms with E-state index in [0.29, 0.717) is 17.9 Å². The van der Waals surface area contributed by atoms with Crippen LogP contribution in [0, 0.1) is 4.77 Å². The second-order valence-electron chi connectivity index (χ2n) is 5.14. The van der Waals surface area contributed by atoms with E-state index in [9.17, 15) is 8.42 Å². The smallest absolute Gasteiger partial charge is 0.213 e. The van der Waals surface area contributed by atoms with Gasteiger partial charge in [0.1, 0.15) is 5.82 Å². The number of H-pyrrole nitrogens is 1. The van der Waals surface area contributed by atoms with Crippen LogP contribution in [-0.4, -0.2) is 46.3 Å². The van der Waals surface area contributed by atoms with Gasteiger partial charge in [0.25, 0.3) is 0 Å². The maximum atomic E-state index is 12.0. The molecule has 2 rings (SSSR count). The highest BCUT2D eigenvalue weighted by atomic mass is 32.2. The molecule has 0 spiro atoms. The molecule has 0 aliphatic carbocycles. The molecule has 1 atom stereocenters. The van der Waals surface area contributed by atoms with Crippen LogP contribution in [0.1, 0.15) is 44.9 Å². The van der Waals surface area contributed by atoms with Crippen molar-refractivity contribution >= 4 is 22.2 Å². The van der Waals surface area contributed by atoms with Gasteiger partial charge in [0, 0.05) is 25.6 Å². The Morgan fingerprint density at radius 1 is 1.45 bits per heavy atom. The second kappa shape index (κ2) is 6.36. The van der Waals surface area contributed by atoms with Crippen molar-refractivity contribution in [2.24, 2.45) is 0 Å². The number of hydrogen-bond acceptors (Lipinski definition) is 4. The lowest BCUT2D eigenvalue weighted by atomic mass is 9.99. The first kappa shape index (κ1) is 15.7. The third kappa shape index (κ3) is 3.12. The molecule has 8 heteroatoms. The maximum Gasteiger partial charge on any atom is 0.213 e. The van der Waals surface area contributed by atoms with Crippen LogP contribution in [0.3, 0.4) is 0 Å². The van der Waals surface area contributed by atoms with Crippen LogP contribution in [-0.2, 0) is 16.6 Å². The molecule has 1 saturated heterocycles. The van der Waals surface area contributed by atoms with E-state index in [2.05, 4.69) is 17.1 Å². The van der Waals surface area contributed by atoms with Gasteiger partial charge in [-0.15, -0.1) is 0 Å². The zero-order valence-corrected chi connectivity index (χ0v) is 13.6. The largest absolute Gasteiger partial charge is 0.304 e. The number of piperidine rings is 1. The van der Waals surface area contributed by atoms with Crippen LogP contribution in [0.5, 0.6) is 0 Å². The van der Waals surface area contributed by atoms with Crippen molar-refractivity contribution in [3.05, 3.63) is 10.6 Å². The van der Waals surface area contributed by atoms with Crippen LogP contribution in [0.15, 0.2) is 0 Å². The Morgan fingerprint density at radius 2 is 2.20 bits per heavy atom. The molecular formula is C12H22N4O2S2. The molecule has 0 bridgehead atoms. The molecule has 0 unspecified atom stereocenters. The minimum Gasteiger partial charge on any atom is -0.304 e. The summed E-state index contributed by atoms with van der Waals surface area (Å²) in [6.45, 7) is 5.73.